The van der Waals surface area contributed by atoms with Crippen LogP contribution in [-0.2, 0) is 26.2 Å². The molecule has 1 N–H and O–H groups in total. The van der Waals surface area contributed by atoms with E-state index >= 15 is 0 Å². The number of hydrogen-bond donors (Lipinski definition) is 1. The summed E-state index contributed by atoms with van der Waals surface area (Å²) in [5.74, 6) is -1.46. The van der Waals surface area contributed by atoms with Crippen LogP contribution in [0.5, 0.6) is 0 Å². The van der Waals surface area contributed by atoms with Crippen molar-refractivity contribution in [3.8, 4) is 0 Å². The number of hydrogen-bond acceptors (Lipinski definition) is 4. The Morgan fingerprint density at radius 1 is 0.925 bits per heavy atom. The molecule has 4 rings (SSSR count). The largest absolute Gasteiger partial charge is 0.352 e. The Labute approximate surface area is 236 Å². The van der Waals surface area contributed by atoms with Gasteiger partial charge < -0.3 is 10.2 Å². The lowest BCUT2D eigenvalue weighted by molar-refractivity contribution is -0.139. The lowest BCUT2D eigenvalue weighted by Crippen LogP contribution is -2.53. The third kappa shape index (κ3) is 6.88. The van der Waals surface area contributed by atoms with Crippen molar-refractivity contribution in [2.75, 3.05) is 10.8 Å². The van der Waals surface area contributed by atoms with Gasteiger partial charge in [-0.3, -0.25) is 13.9 Å². The summed E-state index contributed by atoms with van der Waals surface area (Å²) in [6.45, 7) is 2.63. The number of sulfonamides is 1. The molecule has 0 bridgehead atoms. The van der Waals surface area contributed by atoms with E-state index in [9.17, 15) is 22.4 Å². The molecule has 212 valence electrons. The number of nitrogens with zero attached hydrogens (tertiary/aromatic N) is 2. The third-order valence-corrected chi connectivity index (χ3v) is 9.19. The standard InChI is InChI=1S/C31H36FN3O4S/c1-23-13-9-12-20-29(23)35(40(38,39)27-17-7-4-8-18-27)22-30(36)34(21-25-14-10-11-19-28(25)32)24(2)31(37)33-26-15-5-3-6-16-26/h4,7-14,17-20,24,26H,3,5-6,15-16,21-22H2,1-2H3,(H,33,37)/t24-/m0/s1. The van der Waals surface area contributed by atoms with E-state index in [1.165, 1.54) is 23.1 Å². The molecule has 3 aromatic carbocycles. The monoisotopic (exact) mass is 565 g/mol. The van der Waals surface area contributed by atoms with Crippen LogP contribution in [0.1, 0.15) is 50.2 Å². The van der Waals surface area contributed by atoms with Gasteiger partial charge in [-0.15, -0.1) is 0 Å². The Hall–Kier alpha value is -3.72. The Bertz CT molecular complexity index is 1430. The average molecular weight is 566 g/mol. The quantitative estimate of drug-likeness (QED) is 0.366. The van der Waals surface area contributed by atoms with Crippen LogP contribution in [0.2, 0.25) is 0 Å². The van der Waals surface area contributed by atoms with Crippen LogP contribution in [0.4, 0.5) is 10.1 Å². The van der Waals surface area contributed by atoms with Crippen molar-refractivity contribution in [3.05, 3.63) is 95.8 Å². The number of para-hydroxylation sites is 1. The van der Waals surface area contributed by atoms with Gasteiger partial charge in [-0.05, 0) is 56.5 Å². The first kappa shape index (κ1) is 29.3. The molecule has 1 aliphatic rings. The molecule has 7 nitrogen and oxygen atoms in total. The highest BCUT2D eigenvalue weighted by molar-refractivity contribution is 7.92. The number of halogens is 1. The minimum absolute atomic E-state index is 0.0241. The first-order valence-electron chi connectivity index (χ1n) is 13.6. The minimum Gasteiger partial charge on any atom is -0.352 e. The molecule has 0 spiro atoms. The van der Waals surface area contributed by atoms with Gasteiger partial charge in [0.05, 0.1) is 10.6 Å². The summed E-state index contributed by atoms with van der Waals surface area (Å²) in [5.41, 5.74) is 1.25. The number of rotatable bonds is 10. The number of aryl methyl sites for hydroxylation is 1. The van der Waals surface area contributed by atoms with Crippen molar-refractivity contribution in [3.63, 3.8) is 0 Å². The summed E-state index contributed by atoms with van der Waals surface area (Å²) in [7, 11) is -4.14. The Morgan fingerprint density at radius 2 is 1.55 bits per heavy atom. The number of anilines is 1. The average Bonchev–Trinajstić information content (AvgIpc) is 2.96. The van der Waals surface area contributed by atoms with Crippen molar-refractivity contribution < 1.29 is 22.4 Å². The molecule has 3 aromatic rings. The molecule has 1 saturated carbocycles. The zero-order valence-corrected chi connectivity index (χ0v) is 23.7. The molecule has 0 heterocycles. The molecule has 0 saturated heterocycles. The van der Waals surface area contributed by atoms with Gasteiger partial charge in [0.2, 0.25) is 11.8 Å². The number of amides is 2. The van der Waals surface area contributed by atoms with Crippen molar-refractivity contribution in [1.82, 2.24) is 10.2 Å². The van der Waals surface area contributed by atoms with Crippen LogP contribution >= 0.6 is 0 Å². The van der Waals surface area contributed by atoms with Gasteiger partial charge in [-0.1, -0.05) is 73.9 Å². The maximum atomic E-state index is 14.7. The first-order valence-corrected chi connectivity index (χ1v) is 15.1. The lowest BCUT2D eigenvalue weighted by atomic mass is 9.95. The summed E-state index contributed by atoms with van der Waals surface area (Å²) in [4.78, 5) is 28.6. The van der Waals surface area contributed by atoms with E-state index in [2.05, 4.69) is 5.32 Å². The zero-order valence-electron chi connectivity index (χ0n) is 22.9. The fraction of sp³-hybridized carbons (Fsp3) is 0.355. The molecule has 0 unspecified atom stereocenters. The van der Waals surface area contributed by atoms with E-state index in [0.717, 1.165) is 36.4 Å². The summed E-state index contributed by atoms with van der Waals surface area (Å²) in [6, 6.07) is 19.9. The highest BCUT2D eigenvalue weighted by atomic mass is 32.2. The highest BCUT2D eigenvalue weighted by Gasteiger charge is 2.34. The first-order chi connectivity index (χ1) is 19.2. The number of nitrogens with one attached hydrogen (secondary N) is 1. The zero-order chi connectivity index (χ0) is 28.7. The molecule has 0 radical (unpaired) electrons. The van der Waals surface area contributed by atoms with E-state index < -0.39 is 34.3 Å². The van der Waals surface area contributed by atoms with Crippen LogP contribution in [0.3, 0.4) is 0 Å². The van der Waals surface area contributed by atoms with Gasteiger partial charge >= 0.3 is 0 Å². The predicted octanol–water partition coefficient (Wildman–Crippen LogP) is 5.20. The van der Waals surface area contributed by atoms with Gasteiger partial charge in [-0.2, -0.15) is 0 Å². The molecule has 40 heavy (non-hydrogen) atoms. The van der Waals surface area contributed by atoms with Crippen LogP contribution in [0.25, 0.3) is 0 Å². The van der Waals surface area contributed by atoms with E-state index in [-0.39, 0.29) is 29.0 Å². The SMILES string of the molecule is Cc1ccccc1N(CC(=O)N(Cc1ccccc1F)[C@@H](C)C(=O)NC1CCCCC1)S(=O)(=O)c1ccccc1. The highest BCUT2D eigenvalue weighted by Crippen LogP contribution is 2.27. The van der Waals surface area contributed by atoms with Crippen molar-refractivity contribution >= 4 is 27.5 Å². The molecule has 1 atom stereocenters. The Morgan fingerprint density at radius 3 is 2.23 bits per heavy atom. The van der Waals surface area contributed by atoms with Crippen LogP contribution in [-0.4, -0.2) is 43.8 Å². The molecule has 1 aliphatic carbocycles. The van der Waals surface area contributed by atoms with Crippen LogP contribution in [0, 0.1) is 12.7 Å². The minimum atomic E-state index is -4.14. The van der Waals surface area contributed by atoms with E-state index in [4.69, 9.17) is 0 Å². The molecule has 0 aromatic heterocycles. The molecular weight excluding hydrogens is 529 g/mol. The molecule has 1 fully saturated rings. The smallest absolute Gasteiger partial charge is 0.264 e. The van der Waals surface area contributed by atoms with Crippen molar-refractivity contribution in [1.29, 1.82) is 0 Å². The van der Waals surface area contributed by atoms with Crippen molar-refractivity contribution in [2.24, 2.45) is 0 Å². The van der Waals surface area contributed by atoms with E-state index in [1.54, 1.807) is 74.5 Å². The Balaban J connectivity index is 1.68. The molecule has 0 aliphatic heterocycles. The maximum absolute atomic E-state index is 14.7. The van der Waals surface area contributed by atoms with Gasteiger partial charge in [0, 0.05) is 18.2 Å². The maximum Gasteiger partial charge on any atom is 0.264 e. The fourth-order valence-corrected chi connectivity index (χ4v) is 6.54. The third-order valence-electron chi connectivity index (χ3n) is 7.41. The van der Waals surface area contributed by atoms with Crippen LogP contribution in [0.15, 0.2) is 83.8 Å². The summed E-state index contributed by atoms with van der Waals surface area (Å²) < 4.78 is 43.4. The van der Waals surface area contributed by atoms with Crippen LogP contribution < -0.4 is 9.62 Å². The number of carbonyl (C=O) groups excluding carboxylic acids is 2. The van der Waals surface area contributed by atoms with Gasteiger partial charge in [0.25, 0.3) is 10.0 Å². The normalized spacial score (nSPS) is 14.8. The topological polar surface area (TPSA) is 86.8 Å². The van der Waals surface area contributed by atoms with E-state index in [0.29, 0.717) is 11.3 Å². The fourth-order valence-electron chi connectivity index (χ4n) is 5.04. The Kier molecular flexibility index (Phi) is 9.58. The summed E-state index contributed by atoms with van der Waals surface area (Å²) in [6.07, 6.45) is 4.93. The molecule has 2 amide bonds. The number of carbonyl (C=O) groups is 2. The van der Waals surface area contributed by atoms with Gasteiger partial charge in [-0.25, -0.2) is 12.8 Å². The van der Waals surface area contributed by atoms with E-state index in [1.807, 2.05) is 0 Å². The summed E-state index contributed by atoms with van der Waals surface area (Å²) >= 11 is 0. The predicted molar refractivity (Wildman–Crippen MR) is 154 cm³/mol. The second kappa shape index (κ2) is 13.1. The van der Waals surface area contributed by atoms with Crippen molar-refractivity contribution in [2.45, 2.75) is 69.5 Å². The second-order valence-electron chi connectivity index (χ2n) is 10.2. The van der Waals surface area contributed by atoms with Gasteiger partial charge in [0.15, 0.2) is 0 Å². The van der Waals surface area contributed by atoms with Gasteiger partial charge in [0.1, 0.15) is 18.4 Å². The second-order valence-corrected chi connectivity index (χ2v) is 12.1. The summed E-state index contributed by atoms with van der Waals surface area (Å²) in [5, 5.41) is 3.05. The lowest BCUT2D eigenvalue weighted by Gasteiger charge is -2.33. The molecule has 9 heteroatoms. The molecular formula is C31H36FN3O4S. The number of benzene rings is 3.